The first-order chi connectivity index (χ1) is 7.66. The molecule has 0 aliphatic carbocycles. The predicted molar refractivity (Wildman–Crippen MR) is 63.5 cm³/mol. The van der Waals surface area contributed by atoms with Gasteiger partial charge in [-0.3, -0.25) is 5.10 Å². The number of benzene rings is 1. The van der Waals surface area contributed by atoms with Crippen molar-refractivity contribution >= 4 is 5.69 Å². The lowest BCUT2D eigenvalue weighted by Crippen LogP contribution is -1.99. The average molecular weight is 217 g/mol. The van der Waals surface area contributed by atoms with Gasteiger partial charge < -0.3 is 10.4 Å². The van der Waals surface area contributed by atoms with Gasteiger partial charge in [-0.2, -0.15) is 5.10 Å². The zero-order valence-electron chi connectivity index (χ0n) is 9.41. The molecule has 0 spiro atoms. The first-order valence-corrected chi connectivity index (χ1v) is 5.19. The van der Waals surface area contributed by atoms with Crippen molar-refractivity contribution in [1.82, 2.24) is 10.2 Å². The Balaban J connectivity index is 2.05. The van der Waals surface area contributed by atoms with Crippen LogP contribution in [-0.2, 0) is 6.54 Å². The summed E-state index contributed by atoms with van der Waals surface area (Å²) < 4.78 is 0. The van der Waals surface area contributed by atoms with E-state index in [1.54, 1.807) is 12.3 Å². The summed E-state index contributed by atoms with van der Waals surface area (Å²) >= 11 is 0. The van der Waals surface area contributed by atoms with Gasteiger partial charge in [-0.15, -0.1) is 0 Å². The first-order valence-electron chi connectivity index (χ1n) is 5.19. The molecular weight excluding hydrogens is 202 g/mol. The molecule has 0 radical (unpaired) electrons. The normalized spacial score (nSPS) is 10.4. The van der Waals surface area contributed by atoms with Crippen LogP contribution in [0.4, 0.5) is 5.69 Å². The van der Waals surface area contributed by atoms with E-state index in [0.717, 1.165) is 22.5 Å². The molecule has 1 aromatic carbocycles. The Morgan fingerprint density at radius 2 is 2.19 bits per heavy atom. The summed E-state index contributed by atoms with van der Waals surface area (Å²) in [6.45, 7) is 4.56. The van der Waals surface area contributed by atoms with Gasteiger partial charge in [0, 0.05) is 29.6 Å². The van der Waals surface area contributed by atoms with Gasteiger partial charge in [0.2, 0.25) is 0 Å². The van der Waals surface area contributed by atoms with Crippen LogP contribution >= 0.6 is 0 Å². The van der Waals surface area contributed by atoms with E-state index < -0.39 is 0 Å². The molecule has 0 saturated carbocycles. The van der Waals surface area contributed by atoms with Crippen LogP contribution in [0, 0.1) is 13.8 Å². The molecule has 0 aliphatic heterocycles. The number of nitrogens with one attached hydrogen (secondary N) is 2. The highest BCUT2D eigenvalue weighted by molar-refractivity contribution is 5.51. The van der Waals surface area contributed by atoms with Crippen molar-refractivity contribution in [2.75, 3.05) is 5.32 Å². The molecule has 0 atom stereocenters. The maximum Gasteiger partial charge on any atom is 0.120 e. The van der Waals surface area contributed by atoms with Gasteiger partial charge in [-0.25, -0.2) is 0 Å². The zero-order chi connectivity index (χ0) is 11.5. The molecule has 84 valence electrons. The highest BCUT2D eigenvalue weighted by Crippen LogP contribution is 2.21. The van der Waals surface area contributed by atoms with Crippen molar-refractivity contribution in [2.45, 2.75) is 20.4 Å². The van der Waals surface area contributed by atoms with E-state index in [1.165, 1.54) is 0 Å². The average Bonchev–Trinajstić information content (AvgIpc) is 2.66. The summed E-state index contributed by atoms with van der Waals surface area (Å²) in [5.74, 6) is 0.314. The molecule has 4 nitrogen and oxygen atoms in total. The third kappa shape index (κ3) is 2.16. The summed E-state index contributed by atoms with van der Waals surface area (Å²) in [6.07, 6.45) is 1.80. The minimum atomic E-state index is 0.314. The number of phenolic OH excluding ortho intramolecular Hbond substituents is 1. The number of aromatic hydroxyl groups is 1. The highest BCUT2D eigenvalue weighted by Gasteiger charge is 2.01. The number of aromatic amines is 1. The van der Waals surface area contributed by atoms with E-state index in [-0.39, 0.29) is 0 Å². The monoisotopic (exact) mass is 217 g/mol. The van der Waals surface area contributed by atoms with Crippen LogP contribution in [0.5, 0.6) is 5.75 Å². The number of phenols is 1. The third-order valence-electron chi connectivity index (χ3n) is 2.63. The predicted octanol–water partition coefficient (Wildman–Crippen LogP) is 2.34. The number of nitrogens with zero attached hydrogens (tertiary/aromatic N) is 1. The van der Waals surface area contributed by atoms with Gasteiger partial charge in [-0.1, -0.05) is 6.07 Å². The molecule has 0 aliphatic rings. The van der Waals surface area contributed by atoms with Gasteiger partial charge in [0.1, 0.15) is 5.75 Å². The van der Waals surface area contributed by atoms with Crippen molar-refractivity contribution in [1.29, 1.82) is 0 Å². The molecule has 4 heteroatoms. The fourth-order valence-electron chi connectivity index (χ4n) is 1.47. The van der Waals surface area contributed by atoms with Gasteiger partial charge >= 0.3 is 0 Å². The van der Waals surface area contributed by atoms with Gasteiger partial charge in [0.05, 0.1) is 6.20 Å². The van der Waals surface area contributed by atoms with Crippen molar-refractivity contribution in [3.05, 3.63) is 41.2 Å². The van der Waals surface area contributed by atoms with Crippen molar-refractivity contribution in [3.63, 3.8) is 0 Å². The standard InChI is InChI=1S/C12H15N3O/c1-8-3-4-11(5-12(8)16)13-6-10-7-14-15-9(10)2/h3-5,7,13,16H,6H2,1-2H3,(H,14,15). The Hall–Kier alpha value is -1.97. The topological polar surface area (TPSA) is 60.9 Å². The molecule has 3 N–H and O–H groups in total. The first kappa shape index (κ1) is 10.5. The molecular formula is C12H15N3O. The fourth-order valence-corrected chi connectivity index (χ4v) is 1.47. The largest absolute Gasteiger partial charge is 0.508 e. The van der Waals surface area contributed by atoms with Crippen molar-refractivity contribution < 1.29 is 5.11 Å². The van der Waals surface area contributed by atoms with E-state index in [9.17, 15) is 5.11 Å². The Morgan fingerprint density at radius 1 is 1.38 bits per heavy atom. The number of aryl methyl sites for hydroxylation is 2. The summed E-state index contributed by atoms with van der Waals surface area (Å²) in [5.41, 5.74) is 3.97. The number of hydrogen-bond donors (Lipinski definition) is 3. The van der Waals surface area contributed by atoms with Crippen LogP contribution in [0.25, 0.3) is 0 Å². The second-order valence-corrected chi connectivity index (χ2v) is 3.88. The molecule has 0 saturated heterocycles. The molecule has 1 aromatic heterocycles. The number of aromatic nitrogens is 2. The second-order valence-electron chi connectivity index (χ2n) is 3.88. The lowest BCUT2D eigenvalue weighted by Gasteiger charge is -2.07. The van der Waals surface area contributed by atoms with E-state index >= 15 is 0 Å². The van der Waals surface area contributed by atoms with Gasteiger partial charge in [-0.05, 0) is 25.5 Å². The van der Waals surface area contributed by atoms with Gasteiger partial charge in [0.25, 0.3) is 0 Å². The SMILES string of the molecule is Cc1ccc(NCc2cn[nH]c2C)cc1O. The number of hydrogen-bond acceptors (Lipinski definition) is 3. The minimum Gasteiger partial charge on any atom is -0.508 e. The summed E-state index contributed by atoms with van der Waals surface area (Å²) in [7, 11) is 0. The smallest absolute Gasteiger partial charge is 0.120 e. The second kappa shape index (κ2) is 4.26. The lowest BCUT2D eigenvalue weighted by atomic mass is 10.2. The number of H-pyrrole nitrogens is 1. The lowest BCUT2D eigenvalue weighted by molar-refractivity contribution is 0.471. The van der Waals surface area contributed by atoms with Crippen LogP contribution in [-0.4, -0.2) is 15.3 Å². The molecule has 0 bridgehead atoms. The number of rotatable bonds is 3. The zero-order valence-corrected chi connectivity index (χ0v) is 9.41. The Morgan fingerprint density at radius 3 is 2.81 bits per heavy atom. The van der Waals surface area contributed by atoms with Crippen LogP contribution in [0.1, 0.15) is 16.8 Å². The van der Waals surface area contributed by atoms with E-state index in [4.69, 9.17) is 0 Å². The Labute approximate surface area is 94.3 Å². The van der Waals surface area contributed by atoms with Crippen LogP contribution < -0.4 is 5.32 Å². The fraction of sp³-hybridized carbons (Fsp3) is 0.250. The van der Waals surface area contributed by atoms with Crippen LogP contribution in [0.15, 0.2) is 24.4 Å². The van der Waals surface area contributed by atoms with Crippen LogP contribution in [0.3, 0.4) is 0 Å². The Kier molecular flexibility index (Phi) is 2.81. The van der Waals surface area contributed by atoms with E-state index in [2.05, 4.69) is 15.5 Å². The van der Waals surface area contributed by atoms with Crippen LogP contribution in [0.2, 0.25) is 0 Å². The molecule has 0 fully saturated rings. The Bertz CT molecular complexity index is 491. The van der Waals surface area contributed by atoms with Crippen molar-refractivity contribution in [2.24, 2.45) is 0 Å². The third-order valence-corrected chi connectivity index (χ3v) is 2.63. The molecule has 1 heterocycles. The summed E-state index contributed by atoms with van der Waals surface area (Å²) in [5, 5.41) is 19.6. The summed E-state index contributed by atoms with van der Waals surface area (Å²) in [6, 6.07) is 5.56. The van der Waals surface area contributed by atoms with Gasteiger partial charge in [0.15, 0.2) is 0 Å². The highest BCUT2D eigenvalue weighted by atomic mass is 16.3. The summed E-state index contributed by atoms with van der Waals surface area (Å²) in [4.78, 5) is 0. The maximum atomic E-state index is 9.55. The molecule has 16 heavy (non-hydrogen) atoms. The quantitative estimate of drug-likeness (QED) is 0.739. The van der Waals surface area contributed by atoms with Crippen molar-refractivity contribution in [3.8, 4) is 5.75 Å². The van der Waals surface area contributed by atoms with E-state index in [0.29, 0.717) is 12.3 Å². The molecule has 2 rings (SSSR count). The molecule has 0 unspecified atom stereocenters. The molecule has 2 aromatic rings. The number of anilines is 1. The molecule has 0 amide bonds. The van der Waals surface area contributed by atoms with E-state index in [1.807, 2.05) is 26.0 Å². The minimum absolute atomic E-state index is 0.314. The maximum absolute atomic E-state index is 9.55.